The van der Waals surface area contributed by atoms with E-state index in [1.807, 2.05) is 0 Å². The molecule has 3 heterocycles. The molecule has 298 valence electrons. The lowest BCUT2D eigenvalue weighted by atomic mass is 9.88. The third kappa shape index (κ3) is 6.06. The summed E-state index contributed by atoms with van der Waals surface area (Å²) >= 11 is 0. The number of amidine groups is 1. The number of likely N-dealkylation sites (N-methyl/N-ethyl adjacent to an activating group) is 1. The Bertz CT molecular complexity index is 3260. The molecule has 1 aliphatic heterocycles. The third-order valence-electron chi connectivity index (χ3n) is 13.2. The molecule has 1 N–H and O–H groups in total. The fraction of sp³-hybridized carbons (Fsp3) is 0.161. The summed E-state index contributed by atoms with van der Waals surface area (Å²) in [4.78, 5) is 7.72. The van der Waals surface area contributed by atoms with Gasteiger partial charge < -0.3 is 14.0 Å². The van der Waals surface area contributed by atoms with Gasteiger partial charge in [0.25, 0.3) is 0 Å². The molecule has 0 saturated carbocycles. The van der Waals surface area contributed by atoms with Gasteiger partial charge in [0, 0.05) is 51.5 Å². The lowest BCUT2D eigenvalue weighted by Gasteiger charge is -2.45. The molecule has 1 aliphatic carbocycles. The second kappa shape index (κ2) is 14.4. The normalized spacial score (nSPS) is 19.4. The highest BCUT2D eigenvalue weighted by atomic mass is 15.4. The smallest absolute Gasteiger partial charge is 0.137 e. The SMILES string of the molecule is Cc1cc(C)c2c(c1)c1cc(-c3ccc4c(c3)c3ccccc3n4-c3ccccc3)ccc1n2C1=CC=C(C2NC(C)(c3ccccc3)N=C(c3ccccc3)N2C)CC1C. The zero-order valence-corrected chi connectivity index (χ0v) is 35.4. The molecule has 11 rings (SSSR count). The minimum Gasteiger partial charge on any atom is -0.340 e. The van der Waals surface area contributed by atoms with E-state index in [1.165, 1.54) is 82.8 Å². The molecule has 2 aromatic heterocycles. The Morgan fingerprint density at radius 2 is 1.20 bits per heavy atom. The van der Waals surface area contributed by atoms with Gasteiger partial charge in [0.15, 0.2) is 0 Å². The first-order chi connectivity index (χ1) is 29.8. The number of nitrogens with one attached hydrogen (secondary N) is 1. The van der Waals surface area contributed by atoms with E-state index >= 15 is 0 Å². The Hall–Kier alpha value is -6.95. The number of benzene rings is 7. The molecule has 0 bridgehead atoms. The lowest BCUT2D eigenvalue weighted by Crippen LogP contribution is -2.59. The summed E-state index contributed by atoms with van der Waals surface area (Å²) in [6.45, 7) is 9.09. The van der Waals surface area contributed by atoms with Crippen molar-refractivity contribution in [3.05, 3.63) is 204 Å². The summed E-state index contributed by atoms with van der Waals surface area (Å²) in [6, 6.07) is 59.5. The number of aromatic nitrogens is 2. The Balaban J connectivity index is 1.02. The van der Waals surface area contributed by atoms with Crippen LogP contribution in [0.5, 0.6) is 0 Å². The molecule has 3 unspecified atom stereocenters. The van der Waals surface area contributed by atoms with Crippen molar-refractivity contribution in [2.75, 3.05) is 7.05 Å². The quantitative estimate of drug-likeness (QED) is 0.182. The van der Waals surface area contributed by atoms with Crippen LogP contribution >= 0.6 is 0 Å². The Morgan fingerprint density at radius 3 is 1.90 bits per heavy atom. The van der Waals surface area contributed by atoms with E-state index in [0.717, 1.165) is 23.4 Å². The van der Waals surface area contributed by atoms with Gasteiger partial charge in [0.05, 0.1) is 22.1 Å². The molecular formula is C56H49N5. The van der Waals surface area contributed by atoms with Crippen molar-refractivity contribution in [1.29, 1.82) is 0 Å². The number of nitrogens with zero attached hydrogens (tertiary/aromatic N) is 4. The Labute approximate surface area is 357 Å². The van der Waals surface area contributed by atoms with Crippen molar-refractivity contribution in [2.45, 2.75) is 45.9 Å². The second-order valence-corrected chi connectivity index (χ2v) is 17.3. The molecule has 3 atom stereocenters. The van der Waals surface area contributed by atoms with Crippen LogP contribution in [0.2, 0.25) is 0 Å². The van der Waals surface area contributed by atoms with Crippen LogP contribution in [0.1, 0.15) is 42.5 Å². The van der Waals surface area contributed by atoms with E-state index < -0.39 is 5.66 Å². The highest BCUT2D eigenvalue weighted by Crippen LogP contribution is 2.43. The summed E-state index contributed by atoms with van der Waals surface area (Å²) in [5.74, 6) is 1.25. The van der Waals surface area contributed by atoms with E-state index in [1.54, 1.807) is 0 Å². The van der Waals surface area contributed by atoms with Crippen molar-refractivity contribution in [2.24, 2.45) is 10.9 Å². The van der Waals surface area contributed by atoms with Crippen molar-refractivity contribution < 1.29 is 0 Å². The molecular weight excluding hydrogens is 743 g/mol. The maximum absolute atomic E-state index is 5.39. The Kier molecular flexibility index (Phi) is 8.73. The van der Waals surface area contributed by atoms with E-state index in [9.17, 15) is 0 Å². The summed E-state index contributed by atoms with van der Waals surface area (Å²) in [7, 11) is 2.17. The van der Waals surface area contributed by atoms with E-state index in [0.29, 0.717) is 0 Å². The maximum atomic E-state index is 5.39. The van der Waals surface area contributed by atoms with Gasteiger partial charge in [0.2, 0.25) is 0 Å². The second-order valence-electron chi connectivity index (χ2n) is 17.3. The molecule has 0 saturated heterocycles. The van der Waals surface area contributed by atoms with Crippen LogP contribution in [0.4, 0.5) is 0 Å². The summed E-state index contributed by atoms with van der Waals surface area (Å²) in [5.41, 5.74) is 15.5. The van der Waals surface area contributed by atoms with Gasteiger partial charge in [-0.15, -0.1) is 0 Å². The number of fused-ring (bicyclic) bond motifs is 6. The van der Waals surface area contributed by atoms with Crippen molar-refractivity contribution >= 4 is 55.1 Å². The average Bonchev–Trinajstić information content (AvgIpc) is 3.80. The Morgan fingerprint density at radius 1 is 0.590 bits per heavy atom. The number of hydrogen-bond acceptors (Lipinski definition) is 3. The molecule has 2 aliphatic rings. The van der Waals surface area contributed by atoms with Gasteiger partial charge in [-0.3, -0.25) is 5.32 Å². The molecule has 0 amide bonds. The van der Waals surface area contributed by atoms with Crippen LogP contribution in [-0.2, 0) is 5.66 Å². The maximum Gasteiger partial charge on any atom is 0.137 e. The summed E-state index contributed by atoms with van der Waals surface area (Å²) in [5, 5.41) is 9.11. The van der Waals surface area contributed by atoms with E-state index in [2.05, 4.69) is 230 Å². The molecule has 0 spiro atoms. The number of rotatable bonds is 6. The molecule has 5 nitrogen and oxygen atoms in total. The van der Waals surface area contributed by atoms with Gasteiger partial charge in [-0.25, -0.2) is 4.99 Å². The first-order valence-corrected chi connectivity index (χ1v) is 21.5. The topological polar surface area (TPSA) is 37.5 Å². The first kappa shape index (κ1) is 37.1. The van der Waals surface area contributed by atoms with Crippen LogP contribution < -0.4 is 5.32 Å². The van der Waals surface area contributed by atoms with Gasteiger partial charge in [-0.1, -0.05) is 134 Å². The van der Waals surface area contributed by atoms with Gasteiger partial charge >= 0.3 is 0 Å². The number of aliphatic imine (C=N–C) groups is 1. The number of para-hydroxylation sites is 2. The van der Waals surface area contributed by atoms with Crippen LogP contribution in [0.25, 0.3) is 66.1 Å². The predicted octanol–water partition coefficient (Wildman–Crippen LogP) is 13.2. The number of aryl methyl sites for hydroxylation is 2. The number of hydrogen-bond donors (Lipinski definition) is 1. The molecule has 0 radical (unpaired) electrons. The van der Waals surface area contributed by atoms with E-state index in [4.69, 9.17) is 4.99 Å². The van der Waals surface area contributed by atoms with Crippen molar-refractivity contribution in [1.82, 2.24) is 19.4 Å². The predicted molar refractivity (Wildman–Crippen MR) is 256 cm³/mol. The minimum absolute atomic E-state index is 0.0395. The molecule has 61 heavy (non-hydrogen) atoms. The highest BCUT2D eigenvalue weighted by Gasteiger charge is 2.39. The molecule has 0 fully saturated rings. The molecule has 7 aromatic carbocycles. The molecule has 5 heteroatoms. The fourth-order valence-electron chi connectivity index (χ4n) is 10.3. The van der Waals surface area contributed by atoms with Crippen LogP contribution in [0.15, 0.2) is 187 Å². The third-order valence-corrected chi connectivity index (χ3v) is 13.2. The monoisotopic (exact) mass is 791 g/mol. The van der Waals surface area contributed by atoms with Crippen LogP contribution in [0.3, 0.4) is 0 Å². The van der Waals surface area contributed by atoms with Crippen molar-refractivity contribution in [3.63, 3.8) is 0 Å². The standard InChI is InChI=1S/C56H49N5/c1-36-31-38(3)53-48(32-36)47-35-41(40-25-29-51-46(34-40)45-23-15-16-24-50(45)60(51)44-21-13-8-14-22-44)26-30-52(47)61(53)49-28-27-42(33-37(49)2)55-58-56(4,43-19-11-7-12-20-43)57-54(59(55)5)39-17-9-6-10-18-39/h6-32,34-35,37,55,58H,33H2,1-5H3. The van der Waals surface area contributed by atoms with Gasteiger partial charge in [-0.05, 0) is 110 Å². The minimum atomic E-state index is -0.597. The lowest BCUT2D eigenvalue weighted by molar-refractivity contribution is 0.217. The summed E-state index contributed by atoms with van der Waals surface area (Å²) < 4.78 is 4.94. The summed E-state index contributed by atoms with van der Waals surface area (Å²) in [6.07, 6.45) is 5.64. The van der Waals surface area contributed by atoms with E-state index in [-0.39, 0.29) is 12.1 Å². The zero-order valence-electron chi connectivity index (χ0n) is 35.4. The highest BCUT2D eigenvalue weighted by molar-refractivity contribution is 6.14. The zero-order chi connectivity index (χ0) is 41.4. The van der Waals surface area contributed by atoms with Crippen molar-refractivity contribution in [3.8, 4) is 16.8 Å². The van der Waals surface area contributed by atoms with Gasteiger partial charge in [-0.2, -0.15) is 0 Å². The fourth-order valence-corrected chi connectivity index (χ4v) is 10.3. The average molecular weight is 792 g/mol. The largest absolute Gasteiger partial charge is 0.340 e. The van der Waals surface area contributed by atoms with Crippen LogP contribution in [-0.4, -0.2) is 33.1 Å². The van der Waals surface area contributed by atoms with Crippen LogP contribution in [0, 0.1) is 19.8 Å². The van der Waals surface area contributed by atoms with Gasteiger partial charge in [0.1, 0.15) is 17.7 Å². The first-order valence-electron chi connectivity index (χ1n) is 21.5. The number of allylic oxidation sites excluding steroid dienone is 3. The molecule has 9 aromatic rings.